The molecule has 1 saturated heterocycles. The molecule has 1 N–H and O–H groups in total. The smallest absolute Gasteiger partial charge is 0.227 e. The summed E-state index contributed by atoms with van der Waals surface area (Å²) in [7, 11) is 0. The molecule has 3 aromatic rings. The zero-order valence-electron chi connectivity index (χ0n) is 18.0. The SMILES string of the molecule is CC(C)c1noc2c1-c1nc(Nc3ccc(N4CCOCC4)c(F)c3)ncc1CC2C. The Morgan fingerprint density at radius 2 is 2.03 bits per heavy atom. The van der Waals surface area contributed by atoms with E-state index in [1.54, 1.807) is 6.07 Å². The van der Waals surface area contributed by atoms with Crippen molar-refractivity contribution >= 4 is 17.3 Å². The Bertz CT molecular complexity index is 1090. The van der Waals surface area contributed by atoms with E-state index in [1.807, 2.05) is 17.2 Å². The third-order valence-corrected chi connectivity index (χ3v) is 5.92. The van der Waals surface area contributed by atoms with Crippen molar-refractivity contribution in [3.05, 3.63) is 47.2 Å². The van der Waals surface area contributed by atoms with Crippen LogP contribution in [0.5, 0.6) is 0 Å². The maximum Gasteiger partial charge on any atom is 0.227 e. The van der Waals surface area contributed by atoms with E-state index in [1.165, 1.54) is 6.07 Å². The summed E-state index contributed by atoms with van der Waals surface area (Å²) in [6.07, 6.45) is 2.65. The minimum absolute atomic E-state index is 0.221. The van der Waals surface area contributed by atoms with Gasteiger partial charge in [0.05, 0.1) is 35.9 Å². The molecular formula is C23H26FN5O2. The molecular weight excluding hydrogens is 397 g/mol. The number of aromatic nitrogens is 3. The van der Waals surface area contributed by atoms with Crippen molar-refractivity contribution in [2.75, 3.05) is 36.5 Å². The van der Waals surface area contributed by atoms with Crippen molar-refractivity contribution in [3.8, 4) is 11.3 Å². The topological polar surface area (TPSA) is 76.3 Å². The van der Waals surface area contributed by atoms with Crippen molar-refractivity contribution in [3.63, 3.8) is 0 Å². The third kappa shape index (κ3) is 3.65. The Labute approximate surface area is 180 Å². The number of hydrogen-bond acceptors (Lipinski definition) is 7. The van der Waals surface area contributed by atoms with Crippen molar-refractivity contribution in [1.29, 1.82) is 0 Å². The highest BCUT2D eigenvalue weighted by Gasteiger charge is 2.32. The van der Waals surface area contributed by atoms with Crippen LogP contribution in [0.25, 0.3) is 11.3 Å². The van der Waals surface area contributed by atoms with Crippen molar-refractivity contribution < 1.29 is 13.7 Å². The molecule has 8 heteroatoms. The number of morpholine rings is 1. The number of rotatable bonds is 4. The van der Waals surface area contributed by atoms with Crippen LogP contribution in [-0.2, 0) is 11.2 Å². The van der Waals surface area contributed by atoms with Crippen LogP contribution in [0.3, 0.4) is 0 Å². The maximum absolute atomic E-state index is 14.8. The standard InChI is InChI=1S/C23H26FN5O2/c1-13(2)20-19-21-15(10-14(3)22(19)31-28-20)12-25-23(27-21)26-16-4-5-18(17(24)11-16)29-6-8-30-9-7-29/h4-5,11-14H,6-10H2,1-3H3,(H,25,26,27). The largest absolute Gasteiger partial charge is 0.378 e. The first-order chi connectivity index (χ1) is 15.0. The number of hydrogen-bond donors (Lipinski definition) is 1. The molecule has 1 aliphatic heterocycles. The van der Waals surface area contributed by atoms with Gasteiger partial charge in [0, 0.05) is 30.9 Å². The molecule has 2 aromatic heterocycles. The number of ether oxygens (including phenoxy) is 1. The number of halogens is 1. The Balaban J connectivity index is 1.44. The number of nitrogens with one attached hydrogen (secondary N) is 1. The van der Waals surface area contributed by atoms with Gasteiger partial charge in [-0.25, -0.2) is 14.4 Å². The molecule has 0 saturated carbocycles. The number of benzene rings is 1. The number of nitrogens with zero attached hydrogens (tertiary/aromatic N) is 4. The monoisotopic (exact) mass is 423 g/mol. The Morgan fingerprint density at radius 1 is 1.23 bits per heavy atom. The summed E-state index contributed by atoms with van der Waals surface area (Å²) < 4.78 is 25.8. The lowest BCUT2D eigenvalue weighted by Crippen LogP contribution is -2.36. The first-order valence-electron chi connectivity index (χ1n) is 10.8. The highest BCUT2D eigenvalue weighted by Crippen LogP contribution is 2.42. The lowest BCUT2D eigenvalue weighted by atomic mass is 9.85. The molecule has 3 heterocycles. The Hall–Kier alpha value is -3.00. The molecule has 0 spiro atoms. The molecule has 2 aliphatic rings. The second-order valence-corrected chi connectivity index (χ2v) is 8.53. The van der Waals surface area contributed by atoms with Gasteiger partial charge in [-0.05, 0) is 36.1 Å². The van der Waals surface area contributed by atoms with Crippen LogP contribution >= 0.6 is 0 Å². The van der Waals surface area contributed by atoms with Crippen LogP contribution in [0.4, 0.5) is 21.7 Å². The first kappa shape index (κ1) is 19.9. The molecule has 1 aromatic carbocycles. The molecule has 0 radical (unpaired) electrons. The molecule has 0 amide bonds. The van der Waals surface area contributed by atoms with Gasteiger partial charge < -0.3 is 19.5 Å². The second-order valence-electron chi connectivity index (χ2n) is 8.53. The highest BCUT2D eigenvalue weighted by atomic mass is 19.1. The zero-order chi connectivity index (χ0) is 21.5. The summed E-state index contributed by atoms with van der Waals surface area (Å²) in [5, 5.41) is 7.46. The van der Waals surface area contributed by atoms with Crippen LogP contribution in [0, 0.1) is 5.82 Å². The van der Waals surface area contributed by atoms with Gasteiger partial charge in [-0.1, -0.05) is 25.9 Å². The molecule has 7 nitrogen and oxygen atoms in total. The van der Waals surface area contributed by atoms with Gasteiger partial charge in [0.1, 0.15) is 11.6 Å². The van der Waals surface area contributed by atoms with Crippen LogP contribution in [-0.4, -0.2) is 41.4 Å². The number of anilines is 3. The molecule has 1 unspecified atom stereocenters. The second kappa shape index (κ2) is 7.92. The summed E-state index contributed by atoms with van der Waals surface area (Å²) in [6.45, 7) is 8.92. The summed E-state index contributed by atoms with van der Waals surface area (Å²) in [5.41, 5.74) is 5.00. The Kier molecular flexibility index (Phi) is 5.09. The zero-order valence-corrected chi connectivity index (χ0v) is 18.0. The van der Waals surface area contributed by atoms with Crippen molar-refractivity contribution in [2.24, 2.45) is 0 Å². The van der Waals surface area contributed by atoms with Gasteiger partial charge in [-0.2, -0.15) is 0 Å². The van der Waals surface area contributed by atoms with E-state index in [0.29, 0.717) is 43.6 Å². The molecule has 1 fully saturated rings. The molecule has 31 heavy (non-hydrogen) atoms. The highest BCUT2D eigenvalue weighted by molar-refractivity contribution is 5.72. The normalized spacial score (nSPS) is 18.1. The van der Waals surface area contributed by atoms with Gasteiger partial charge in [-0.3, -0.25) is 0 Å². The predicted molar refractivity (Wildman–Crippen MR) is 116 cm³/mol. The summed E-state index contributed by atoms with van der Waals surface area (Å²) in [6, 6.07) is 5.13. The third-order valence-electron chi connectivity index (χ3n) is 5.92. The van der Waals surface area contributed by atoms with E-state index in [4.69, 9.17) is 14.2 Å². The van der Waals surface area contributed by atoms with Crippen LogP contribution in [0.1, 0.15) is 49.6 Å². The average Bonchev–Trinajstić information content (AvgIpc) is 3.22. The minimum Gasteiger partial charge on any atom is -0.378 e. The van der Waals surface area contributed by atoms with Crippen LogP contribution < -0.4 is 10.2 Å². The van der Waals surface area contributed by atoms with Crippen molar-refractivity contribution in [1.82, 2.24) is 15.1 Å². The predicted octanol–water partition coefficient (Wildman–Crippen LogP) is 4.63. The van der Waals surface area contributed by atoms with Gasteiger partial charge in [-0.15, -0.1) is 0 Å². The quantitative estimate of drug-likeness (QED) is 0.655. The molecule has 1 atom stereocenters. The summed E-state index contributed by atoms with van der Waals surface area (Å²) in [4.78, 5) is 11.2. The van der Waals surface area contributed by atoms with Gasteiger partial charge in [0.15, 0.2) is 0 Å². The fraction of sp³-hybridized carbons (Fsp3) is 0.435. The van der Waals surface area contributed by atoms with E-state index in [9.17, 15) is 4.39 Å². The lowest BCUT2D eigenvalue weighted by molar-refractivity contribution is 0.122. The van der Waals surface area contributed by atoms with E-state index < -0.39 is 0 Å². The first-order valence-corrected chi connectivity index (χ1v) is 10.8. The average molecular weight is 423 g/mol. The van der Waals surface area contributed by atoms with Crippen molar-refractivity contribution in [2.45, 2.75) is 39.0 Å². The Morgan fingerprint density at radius 3 is 2.77 bits per heavy atom. The van der Waals surface area contributed by atoms with Gasteiger partial charge in [0.2, 0.25) is 5.95 Å². The van der Waals surface area contributed by atoms with Crippen LogP contribution in [0.15, 0.2) is 28.9 Å². The lowest BCUT2D eigenvalue weighted by Gasteiger charge is -2.29. The van der Waals surface area contributed by atoms with E-state index in [-0.39, 0.29) is 17.7 Å². The van der Waals surface area contributed by atoms with Crippen LogP contribution in [0.2, 0.25) is 0 Å². The fourth-order valence-corrected chi connectivity index (χ4v) is 4.31. The number of fused-ring (bicyclic) bond motifs is 3. The van der Waals surface area contributed by atoms with Gasteiger partial charge >= 0.3 is 0 Å². The fourth-order valence-electron chi connectivity index (χ4n) is 4.31. The molecule has 1 aliphatic carbocycles. The van der Waals surface area contributed by atoms with E-state index in [2.05, 4.69) is 36.2 Å². The minimum atomic E-state index is -0.276. The summed E-state index contributed by atoms with van der Waals surface area (Å²) >= 11 is 0. The van der Waals surface area contributed by atoms with Gasteiger partial charge in [0.25, 0.3) is 0 Å². The molecule has 0 bridgehead atoms. The molecule has 162 valence electrons. The maximum atomic E-state index is 14.8. The van der Waals surface area contributed by atoms with E-state index >= 15 is 0 Å². The summed E-state index contributed by atoms with van der Waals surface area (Å²) in [5.74, 6) is 1.48. The van der Waals surface area contributed by atoms with E-state index in [0.717, 1.165) is 34.7 Å². The molecule has 5 rings (SSSR count).